The molecule has 0 radical (unpaired) electrons. The third kappa shape index (κ3) is 2.60. The van der Waals surface area contributed by atoms with Crippen LogP contribution in [0, 0.1) is 11.6 Å². The molecule has 2 aromatic carbocycles. The molecular formula is C17H14N2S2. The summed E-state index contributed by atoms with van der Waals surface area (Å²) in [4.78, 5) is 0.782. The highest BCUT2D eigenvalue weighted by Crippen LogP contribution is 2.19. The van der Waals surface area contributed by atoms with Crippen molar-refractivity contribution < 1.29 is 0 Å². The van der Waals surface area contributed by atoms with Gasteiger partial charge in [0, 0.05) is 5.69 Å². The minimum atomic E-state index is 0.715. The van der Waals surface area contributed by atoms with Crippen molar-refractivity contribution in [1.29, 1.82) is 0 Å². The van der Waals surface area contributed by atoms with Gasteiger partial charge < -0.3 is 0 Å². The summed E-state index contributed by atoms with van der Waals surface area (Å²) in [5.74, 6) is 0. The standard InChI is InChI=1S/C17H14N2S2/c1-12-15(16(20)13-8-4-2-5-9-13)17(21)19(18-12)14-10-6-3-7-11-14/h2-11,18H,1H3. The molecule has 0 fully saturated rings. The molecule has 104 valence electrons. The molecule has 2 nitrogen and oxygen atoms in total. The predicted molar refractivity (Wildman–Crippen MR) is 92.9 cm³/mol. The summed E-state index contributed by atoms with van der Waals surface area (Å²) in [6, 6.07) is 20.0. The number of rotatable bonds is 3. The molecule has 0 aliphatic heterocycles. The Morgan fingerprint density at radius 2 is 1.52 bits per heavy atom. The first-order chi connectivity index (χ1) is 10.2. The van der Waals surface area contributed by atoms with Crippen molar-refractivity contribution >= 4 is 29.3 Å². The van der Waals surface area contributed by atoms with E-state index in [9.17, 15) is 0 Å². The lowest BCUT2D eigenvalue weighted by Crippen LogP contribution is -2.01. The molecule has 0 unspecified atom stereocenters. The molecule has 1 N–H and O–H groups in total. The van der Waals surface area contributed by atoms with Gasteiger partial charge in [-0.3, -0.25) is 5.10 Å². The van der Waals surface area contributed by atoms with Crippen LogP contribution in [0.25, 0.3) is 5.69 Å². The average Bonchev–Trinajstić information content (AvgIpc) is 2.83. The smallest absolute Gasteiger partial charge is 0.136 e. The molecule has 1 aromatic heterocycles. The van der Waals surface area contributed by atoms with Crippen molar-refractivity contribution in [3.05, 3.63) is 82.1 Å². The van der Waals surface area contributed by atoms with Crippen LogP contribution in [0.5, 0.6) is 0 Å². The molecule has 1 heterocycles. The van der Waals surface area contributed by atoms with E-state index in [1.54, 1.807) is 0 Å². The number of benzene rings is 2. The quantitative estimate of drug-likeness (QED) is 0.563. The minimum Gasteiger partial charge on any atom is -0.297 e. The van der Waals surface area contributed by atoms with Gasteiger partial charge >= 0.3 is 0 Å². The first kappa shape index (κ1) is 13.9. The Kier molecular flexibility index (Phi) is 3.82. The zero-order valence-electron chi connectivity index (χ0n) is 11.5. The molecule has 0 spiro atoms. The number of nitrogens with one attached hydrogen (secondary N) is 1. The zero-order chi connectivity index (χ0) is 14.8. The van der Waals surface area contributed by atoms with Crippen LogP contribution in [0.1, 0.15) is 16.8 Å². The third-order valence-electron chi connectivity index (χ3n) is 3.35. The Balaban J connectivity index is 2.12. The fraction of sp³-hybridized carbons (Fsp3) is 0.0588. The van der Waals surface area contributed by atoms with Crippen LogP contribution >= 0.6 is 24.4 Å². The lowest BCUT2D eigenvalue weighted by molar-refractivity contribution is 0.853. The number of nitrogens with zero attached hydrogens (tertiary/aromatic N) is 1. The average molecular weight is 310 g/mol. The second-order valence-corrected chi connectivity index (χ2v) is 5.58. The summed E-state index contributed by atoms with van der Waals surface area (Å²) in [6.45, 7) is 2.00. The topological polar surface area (TPSA) is 20.7 Å². The Morgan fingerprint density at radius 1 is 0.952 bits per heavy atom. The molecule has 0 atom stereocenters. The first-order valence-corrected chi connectivity index (χ1v) is 7.47. The Morgan fingerprint density at radius 3 is 2.14 bits per heavy atom. The molecule has 0 aliphatic carbocycles. The largest absolute Gasteiger partial charge is 0.297 e. The number of hydrogen-bond donors (Lipinski definition) is 1. The van der Waals surface area contributed by atoms with Gasteiger partial charge in [-0.15, -0.1) is 0 Å². The SMILES string of the molecule is Cc1[nH]n(-c2ccccc2)c(=S)c1C(=S)c1ccccc1. The molecule has 0 saturated carbocycles. The predicted octanol–water partition coefficient (Wildman–Crippen LogP) is 4.61. The van der Waals surface area contributed by atoms with E-state index in [1.165, 1.54) is 0 Å². The van der Waals surface area contributed by atoms with Crippen LogP contribution in [0.15, 0.2) is 60.7 Å². The van der Waals surface area contributed by atoms with E-state index in [4.69, 9.17) is 24.4 Å². The normalized spacial score (nSPS) is 10.5. The molecule has 0 bridgehead atoms. The van der Waals surface area contributed by atoms with Crippen LogP contribution in [0.4, 0.5) is 0 Å². The van der Waals surface area contributed by atoms with Gasteiger partial charge in [0.25, 0.3) is 0 Å². The maximum Gasteiger partial charge on any atom is 0.136 e. The zero-order valence-corrected chi connectivity index (χ0v) is 13.2. The van der Waals surface area contributed by atoms with Crippen LogP contribution in [0.3, 0.4) is 0 Å². The van der Waals surface area contributed by atoms with E-state index in [0.717, 1.165) is 27.4 Å². The first-order valence-electron chi connectivity index (χ1n) is 6.65. The number of H-pyrrole nitrogens is 1. The number of thiocarbonyl (C=S) groups is 1. The molecule has 4 heteroatoms. The minimum absolute atomic E-state index is 0.715. The molecule has 0 aliphatic rings. The molecule has 0 amide bonds. The maximum atomic E-state index is 5.63. The Bertz CT molecular complexity index is 830. The van der Waals surface area contributed by atoms with E-state index < -0.39 is 0 Å². The summed E-state index contributed by atoms with van der Waals surface area (Å²) in [5.41, 5.74) is 3.93. The van der Waals surface area contributed by atoms with Crippen molar-refractivity contribution in [1.82, 2.24) is 9.78 Å². The van der Waals surface area contributed by atoms with Crippen LogP contribution in [-0.2, 0) is 0 Å². The summed E-state index contributed by atoms with van der Waals surface area (Å²) in [5, 5.41) is 3.30. The lowest BCUT2D eigenvalue weighted by Gasteiger charge is -2.03. The number of aryl methyl sites for hydroxylation is 1. The molecule has 3 aromatic rings. The Hall–Kier alpha value is -2.04. The van der Waals surface area contributed by atoms with Crippen molar-refractivity contribution in [3.8, 4) is 5.69 Å². The fourth-order valence-corrected chi connectivity index (χ4v) is 3.16. The molecule has 21 heavy (non-hydrogen) atoms. The second kappa shape index (κ2) is 5.76. The van der Waals surface area contributed by atoms with Crippen molar-refractivity contribution in [2.24, 2.45) is 0 Å². The van der Waals surface area contributed by atoms with E-state index in [1.807, 2.05) is 72.3 Å². The second-order valence-electron chi connectivity index (χ2n) is 4.78. The van der Waals surface area contributed by atoms with Crippen molar-refractivity contribution in [3.63, 3.8) is 0 Å². The van der Waals surface area contributed by atoms with Crippen molar-refractivity contribution in [2.75, 3.05) is 0 Å². The highest BCUT2D eigenvalue weighted by Gasteiger charge is 2.14. The van der Waals surface area contributed by atoms with Gasteiger partial charge in [-0.05, 0) is 24.6 Å². The summed E-state index contributed by atoms with van der Waals surface area (Å²) < 4.78 is 2.61. The van der Waals surface area contributed by atoms with Gasteiger partial charge in [0.1, 0.15) is 4.64 Å². The van der Waals surface area contributed by atoms with Crippen molar-refractivity contribution in [2.45, 2.75) is 6.92 Å². The van der Waals surface area contributed by atoms with Crippen LogP contribution < -0.4 is 0 Å². The van der Waals surface area contributed by atoms with Gasteiger partial charge in [-0.1, -0.05) is 73.0 Å². The van der Waals surface area contributed by atoms with E-state index >= 15 is 0 Å². The number of aromatic nitrogens is 2. The van der Waals surface area contributed by atoms with E-state index in [-0.39, 0.29) is 0 Å². The van der Waals surface area contributed by atoms with E-state index in [2.05, 4.69) is 5.10 Å². The molecular weight excluding hydrogens is 296 g/mol. The van der Waals surface area contributed by atoms with Crippen LogP contribution in [-0.4, -0.2) is 14.6 Å². The van der Waals surface area contributed by atoms with E-state index in [0.29, 0.717) is 4.64 Å². The summed E-state index contributed by atoms with van der Waals surface area (Å²) >= 11 is 11.2. The number of aromatic amines is 1. The van der Waals surface area contributed by atoms with Gasteiger partial charge in [-0.25, -0.2) is 4.68 Å². The highest BCUT2D eigenvalue weighted by molar-refractivity contribution is 7.81. The van der Waals surface area contributed by atoms with Gasteiger partial charge in [0.15, 0.2) is 0 Å². The fourth-order valence-electron chi connectivity index (χ4n) is 2.31. The molecule has 3 rings (SSSR count). The van der Waals surface area contributed by atoms with Gasteiger partial charge in [0.05, 0.1) is 16.1 Å². The number of hydrogen-bond acceptors (Lipinski definition) is 2. The Labute approximate surface area is 134 Å². The third-order valence-corrected chi connectivity index (χ3v) is 4.18. The summed E-state index contributed by atoms with van der Waals surface area (Å²) in [6.07, 6.45) is 0. The van der Waals surface area contributed by atoms with Crippen LogP contribution in [0.2, 0.25) is 0 Å². The van der Waals surface area contributed by atoms with Gasteiger partial charge in [0.2, 0.25) is 0 Å². The number of para-hydroxylation sites is 1. The maximum absolute atomic E-state index is 5.63. The lowest BCUT2D eigenvalue weighted by atomic mass is 10.1. The summed E-state index contributed by atoms with van der Waals surface area (Å²) in [7, 11) is 0. The highest BCUT2D eigenvalue weighted by atomic mass is 32.1. The monoisotopic (exact) mass is 310 g/mol. The molecule has 0 saturated heterocycles. The van der Waals surface area contributed by atoms with Gasteiger partial charge in [-0.2, -0.15) is 0 Å².